The Labute approximate surface area is 51.2 Å². The van der Waals surface area contributed by atoms with Crippen molar-refractivity contribution >= 4 is 0 Å². The molecule has 48 valence electrons. The van der Waals surface area contributed by atoms with E-state index < -0.39 is 0 Å². The summed E-state index contributed by atoms with van der Waals surface area (Å²) in [6, 6.07) is 0. The number of allylic oxidation sites excluding steroid dienone is 1. The minimum atomic E-state index is 1.23. The van der Waals surface area contributed by atoms with Gasteiger partial charge in [-0.15, -0.1) is 0 Å². The van der Waals surface area contributed by atoms with Gasteiger partial charge in [0.2, 0.25) is 0 Å². The monoisotopic (exact) mass is 114 g/mol. The summed E-state index contributed by atoms with van der Waals surface area (Å²) in [5.41, 5.74) is 1.23. The predicted octanol–water partition coefficient (Wildman–Crippen LogP) is 0.629. The summed E-state index contributed by atoms with van der Waals surface area (Å²) in [5.74, 6) is 0. The quantitative estimate of drug-likeness (QED) is 0.566. The van der Waals surface area contributed by atoms with Gasteiger partial charge in [-0.1, -0.05) is 0 Å². The Bertz CT molecular complexity index is 84.5. The maximum Gasteiger partial charge on any atom is 0.0255 e. The van der Waals surface area contributed by atoms with Crippen molar-refractivity contribution in [3.8, 4) is 0 Å². The van der Waals surface area contributed by atoms with Crippen molar-refractivity contribution in [2.45, 2.75) is 6.92 Å². The lowest BCUT2D eigenvalue weighted by Gasteiger charge is -2.11. The Morgan fingerprint density at radius 2 is 2.00 bits per heavy atom. The van der Waals surface area contributed by atoms with E-state index in [0.29, 0.717) is 0 Å². The Balaban J connectivity index is 3.61. The van der Waals surface area contributed by atoms with Gasteiger partial charge < -0.3 is 10.2 Å². The molecule has 0 fully saturated rings. The van der Waals surface area contributed by atoms with Gasteiger partial charge in [0.1, 0.15) is 0 Å². The van der Waals surface area contributed by atoms with Crippen molar-refractivity contribution in [1.82, 2.24) is 10.2 Å². The van der Waals surface area contributed by atoms with Crippen LogP contribution in [0.5, 0.6) is 0 Å². The topological polar surface area (TPSA) is 15.3 Å². The van der Waals surface area contributed by atoms with Crippen LogP contribution in [0.15, 0.2) is 11.9 Å². The number of nitrogens with zero attached hydrogens (tertiary/aromatic N) is 1. The first-order valence-electron chi connectivity index (χ1n) is 2.70. The molecule has 0 aliphatic heterocycles. The fourth-order valence-electron chi connectivity index (χ4n) is 0.338. The van der Waals surface area contributed by atoms with Gasteiger partial charge in [-0.05, 0) is 6.92 Å². The van der Waals surface area contributed by atoms with Crippen LogP contribution in [0.4, 0.5) is 0 Å². The van der Waals surface area contributed by atoms with Crippen LogP contribution in [-0.2, 0) is 0 Å². The fraction of sp³-hybridized carbons (Fsp3) is 0.667. The number of hydrogen-bond donors (Lipinski definition) is 1. The summed E-state index contributed by atoms with van der Waals surface area (Å²) < 4.78 is 0. The van der Waals surface area contributed by atoms with Crippen molar-refractivity contribution in [1.29, 1.82) is 0 Å². The zero-order chi connectivity index (χ0) is 6.57. The normalized spacial score (nSPS) is 11.2. The second-order valence-electron chi connectivity index (χ2n) is 1.97. The van der Waals surface area contributed by atoms with Crippen LogP contribution in [-0.4, -0.2) is 26.0 Å². The van der Waals surface area contributed by atoms with Crippen LogP contribution in [0.3, 0.4) is 0 Å². The van der Waals surface area contributed by atoms with Gasteiger partial charge in [0, 0.05) is 33.0 Å². The molecule has 0 saturated carbocycles. The molecule has 0 saturated heterocycles. The van der Waals surface area contributed by atoms with E-state index in [2.05, 4.69) is 17.1 Å². The van der Waals surface area contributed by atoms with Gasteiger partial charge in [-0.3, -0.25) is 0 Å². The summed E-state index contributed by atoms with van der Waals surface area (Å²) in [6.45, 7) is 2.05. The molecule has 0 aliphatic carbocycles. The van der Waals surface area contributed by atoms with Crippen LogP contribution in [0.25, 0.3) is 0 Å². The summed E-state index contributed by atoms with van der Waals surface area (Å²) >= 11 is 0. The zero-order valence-electron chi connectivity index (χ0n) is 6.02. The molecule has 0 rings (SSSR count). The number of nitrogens with one attached hydrogen (secondary N) is 1. The highest BCUT2D eigenvalue weighted by atomic mass is 15.1. The van der Waals surface area contributed by atoms with Crippen LogP contribution >= 0.6 is 0 Å². The molecule has 0 atom stereocenters. The zero-order valence-corrected chi connectivity index (χ0v) is 6.02. The third-order valence-corrected chi connectivity index (χ3v) is 1.06. The van der Waals surface area contributed by atoms with Crippen molar-refractivity contribution in [3.63, 3.8) is 0 Å². The van der Waals surface area contributed by atoms with Crippen molar-refractivity contribution in [2.75, 3.05) is 21.1 Å². The molecule has 0 aromatic heterocycles. The summed E-state index contributed by atoms with van der Waals surface area (Å²) in [7, 11) is 5.93. The lowest BCUT2D eigenvalue weighted by atomic mass is 10.5. The van der Waals surface area contributed by atoms with E-state index >= 15 is 0 Å². The third kappa shape index (κ3) is 2.50. The first-order chi connectivity index (χ1) is 3.68. The van der Waals surface area contributed by atoms with Crippen LogP contribution in [0.2, 0.25) is 0 Å². The van der Waals surface area contributed by atoms with Gasteiger partial charge in [-0.25, -0.2) is 0 Å². The van der Waals surface area contributed by atoms with Gasteiger partial charge >= 0.3 is 0 Å². The van der Waals surface area contributed by atoms with Crippen LogP contribution in [0, 0.1) is 0 Å². The van der Waals surface area contributed by atoms with Gasteiger partial charge in [0.25, 0.3) is 0 Å². The molecule has 0 bridgehead atoms. The average molecular weight is 114 g/mol. The highest BCUT2D eigenvalue weighted by Gasteiger charge is 1.85. The molecule has 0 radical (unpaired) electrons. The first kappa shape index (κ1) is 7.34. The molecule has 0 aromatic rings. The number of rotatable bonds is 2. The third-order valence-electron chi connectivity index (χ3n) is 1.06. The fourth-order valence-corrected chi connectivity index (χ4v) is 0.338. The largest absolute Gasteiger partial charge is 0.393 e. The van der Waals surface area contributed by atoms with E-state index in [1.807, 2.05) is 27.3 Å². The van der Waals surface area contributed by atoms with E-state index in [-0.39, 0.29) is 0 Å². The standard InChI is InChI=1S/C6H14N2/c1-6(5-7-2)8(3)4/h5,7H,1-4H3/b6-5-. The molecule has 0 aromatic carbocycles. The molecule has 0 heterocycles. The molecular weight excluding hydrogens is 100 g/mol. The van der Waals surface area contributed by atoms with Crippen molar-refractivity contribution < 1.29 is 0 Å². The highest BCUT2D eigenvalue weighted by Crippen LogP contribution is 1.91. The summed E-state index contributed by atoms with van der Waals surface area (Å²) in [5, 5.41) is 2.95. The predicted molar refractivity (Wildman–Crippen MR) is 36.5 cm³/mol. The van der Waals surface area contributed by atoms with Crippen molar-refractivity contribution in [3.05, 3.63) is 11.9 Å². The van der Waals surface area contributed by atoms with E-state index in [4.69, 9.17) is 0 Å². The Hall–Kier alpha value is -0.660. The van der Waals surface area contributed by atoms with E-state index in [0.717, 1.165) is 0 Å². The van der Waals surface area contributed by atoms with E-state index in [9.17, 15) is 0 Å². The van der Waals surface area contributed by atoms with Gasteiger partial charge in [0.05, 0.1) is 0 Å². The lowest BCUT2D eigenvalue weighted by Crippen LogP contribution is -2.10. The van der Waals surface area contributed by atoms with Crippen molar-refractivity contribution in [2.24, 2.45) is 0 Å². The van der Waals surface area contributed by atoms with Crippen LogP contribution < -0.4 is 5.32 Å². The molecule has 8 heavy (non-hydrogen) atoms. The van der Waals surface area contributed by atoms with Crippen LogP contribution in [0.1, 0.15) is 6.92 Å². The van der Waals surface area contributed by atoms with E-state index in [1.165, 1.54) is 5.70 Å². The highest BCUT2D eigenvalue weighted by molar-refractivity contribution is 4.92. The lowest BCUT2D eigenvalue weighted by molar-refractivity contribution is 0.509. The summed E-state index contributed by atoms with van der Waals surface area (Å²) in [4.78, 5) is 2.05. The molecule has 2 nitrogen and oxygen atoms in total. The second kappa shape index (κ2) is 3.36. The van der Waals surface area contributed by atoms with E-state index in [1.54, 1.807) is 0 Å². The minimum Gasteiger partial charge on any atom is -0.393 e. The second-order valence-corrected chi connectivity index (χ2v) is 1.97. The molecule has 2 heteroatoms. The molecule has 0 aliphatic rings. The Morgan fingerprint density at radius 3 is 2.12 bits per heavy atom. The maximum atomic E-state index is 2.95. The van der Waals surface area contributed by atoms with Gasteiger partial charge in [-0.2, -0.15) is 0 Å². The molecule has 0 spiro atoms. The Kier molecular flexibility index (Phi) is 3.08. The Morgan fingerprint density at radius 1 is 1.50 bits per heavy atom. The molecular formula is C6H14N2. The maximum absolute atomic E-state index is 2.95. The SMILES string of the molecule is CN/C=C(/C)N(C)C. The number of hydrogen-bond acceptors (Lipinski definition) is 2. The molecule has 0 unspecified atom stereocenters. The molecule has 0 amide bonds. The average Bonchev–Trinajstić information content (AvgIpc) is 1.67. The minimum absolute atomic E-state index is 1.23. The smallest absolute Gasteiger partial charge is 0.0255 e. The molecule has 1 N–H and O–H groups in total. The summed E-state index contributed by atoms with van der Waals surface area (Å²) in [6.07, 6.45) is 1.96. The van der Waals surface area contributed by atoms with Gasteiger partial charge in [0.15, 0.2) is 0 Å². The first-order valence-corrected chi connectivity index (χ1v) is 2.70.